The first-order valence-corrected chi connectivity index (χ1v) is 5.37. The second kappa shape index (κ2) is 4.09. The van der Waals surface area contributed by atoms with Gasteiger partial charge in [0.05, 0.1) is 4.47 Å². The van der Waals surface area contributed by atoms with Gasteiger partial charge in [0.2, 0.25) is 0 Å². The molecule has 72 valence electrons. The molecule has 1 heterocycles. The number of hydrogen-bond donors (Lipinski definition) is 1. The van der Waals surface area contributed by atoms with Crippen molar-refractivity contribution in [2.24, 2.45) is 5.14 Å². The van der Waals surface area contributed by atoms with Crippen molar-refractivity contribution >= 4 is 26.2 Å². The normalized spacial score (nSPS) is 11.5. The molecule has 0 spiro atoms. The third-order valence-electron chi connectivity index (χ3n) is 1.03. The fraction of sp³-hybridized carbons (Fsp3) is 0.200. The van der Waals surface area contributed by atoms with E-state index >= 15 is 0 Å². The molecule has 1 rings (SSSR count). The minimum atomic E-state index is -3.92. The van der Waals surface area contributed by atoms with Gasteiger partial charge in [-0.2, -0.15) is 8.42 Å². The lowest BCUT2D eigenvalue weighted by atomic mass is 10.6. The van der Waals surface area contributed by atoms with Crippen LogP contribution in [0.15, 0.2) is 16.9 Å². The van der Waals surface area contributed by atoms with Crippen molar-refractivity contribution < 1.29 is 12.6 Å². The molecule has 0 bridgehead atoms. The Balaban J connectivity index is 2.61. The highest BCUT2D eigenvalue weighted by Crippen LogP contribution is 2.05. The fourth-order valence-electron chi connectivity index (χ4n) is 0.548. The van der Waals surface area contributed by atoms with E-state index in [1.807, 2.05) is 0 Å². The van der Waals surface area contributed by atoms with Gasteiger partial charge >= 0.3 is 10.3 Å². The quantitative estimate of drug-likeness (QED) is 0.829. The van der Waals surface area contributed by atoms with Crippen LogP contribution in [0.1, 0.15) is 5.82 Å². The summed E-state index contributed by atoms with van der Waals surface area (Å²) in [5.41, 5.74) is 0. The lowest BCUT2D eigenvalue weighted by Crippen LogP contribution is -2.16. The van der Waals surface area contributed by atoms with E-state index in [1.165, 1.54) is 12.4 Å². The molecule has 0 unspecified atom stereocenters. The first-order chi connectivity index (χ1) is 5.97. The third-order valence-corrected chi connectivity index (χ3v) is 1.88. The molecule has 2 N–H and O–H groups in total. The largest absolute Gasteiger partial charge is 0.333 e. The summed E-state index contributed by atoms with van der Waals surface area (Å²) in [6.45, 7) is -0.258. The Hall–Kier alpha value is -0.570. The second-order valence-electron chi connectivity index (χ2n) is 2.07. The molecule has 13 heavy (non-hydrogen) atoms. The van der Waals surface area contributed by atoms with Crippen LogP contribution >= 0.6 is 15.9 Å². The number of hydrogen-bond acceptors (Lipinski definition) is 5. The average molecular weight is 268 g/mol. The molecule has 0 saturated carbocycles. The zero-order chi connectivity index (χ0) is 9.90. The van der Waals surface area contributed by atoms with E-state index in [-0.39, 0.29) is 12.4 Å². The summed E-state index contributed by atoms with van der Waals surface area (Å²) in [4.78, 5) is 7.56. The van der Waals surface area contributed by atoms with Crippen molar-refractivity contribution in [2.75, 3.05) is 0 Å². The molecule has 0 aliphatic rings. The molecule has 0 atom stereocenters. The SMILES string of the molecule is NS(=O)(=O)OCc1ncc(Br)cn1. The molecule has 0 aliphatic carbocycles. The number of aromatic nitrogens is 2. The van der Waals surface area contributed by atoms with Crippen LogP contribution in [0.3, 0.4) is 0 Å². The van der Waals surface area contributed by atoms with Crippen LogP contribution in [-0.2, 0) is 21.1 Å². The predicted molar refractivity (Wildman–Crippen MR) is 47.6 cm³/mol. The zero-order valence-corrected chi connectivity index (χ0v) is 8.75. The van der Waals surface area contributed by atoms with E-state index in [0.29, 0.717) is 4.47 Å². The Labute approximate surface area is 83.5 Å². The molecule has 0 fully saturated rings. The zero-order valence-electron chi connectivity index (χ0n) is 6.34. The van der Waals surface area contributed by atoms with E-state index in [4.69, 9.17) is 0 Å². The highest BCUT2D eigenvalue weighted by atomic mass is 79.9. The maximum Gasteiger partial charge on any atom is 0.333 e. The molecule has 8 heteroatoms. The van der Waals surface area contributed by atoms with Crippen LogP contribution < -0.4 is 5.14 Å². The Morgan fingerprint density at radius 2 is 2.00 bits per heavy atom. The van der Waals surface area contributed by atoms with E-state index < -0.39 is 10.3 Å². The van der Waals surface area contributed by atoms with Gasteiger partial charge in [0.1, 0.15) is 6.61 Å². The van der Waals surface area contributed by atoms with Crippen LogP contribution in [0.4, 0.5) is 0 Å². The Morgan fingerprint density at radius 3 is 2.46 bits per heavy atom. The van der Waals surface area contributed by atoms with E-state index in [0.717, 1.165) is 0 Å². The topological polar surface area (TPSA) is 95.2 Å². The molecule has 6 nitrogen and oxygen atoms in total. The Kier molecular flexibility index (Phi) is 3.31. The lowest BCUT2D eigenvalue weighted by molar-refractivity contribution is 0.299. The average Bonchev–Trinajstić information content (AvgIpc) is 2.02. The van der Waals surface area contributed by atoms with Gasteiger partial charge in [0, 0.05) is 12.4 Å². The first kappa shape index (κ1) is 10.5. The van der Waals surface area contributed by atoms with Crippen LogP contribution in [0.2, 0.25) is 0 Å². The standard InChI is InChI=1S/C5H6BrN3O3S/c6-4-1-8-5(9-2-4)3-12-13(7,10)11/h1-2H,3H2,(H2,7,10,11). The van der Waals surface area contributed by atoms with Crippen LogP contribution in [0.25, 0.3) is 0 Å². The summed E-state index contributed by atoms with van der Waals surface area (Å²) in [5, 5.41) is 4.60. The molecular formula is C5H6BrN3O3S. The van der Waals surface area contributed by atoms with Crippen LogP contribution in [-0.4, -0.2) is 18.4 Å². The van der Waals surface area contributed by atoms with Crippen molar-refractivity contribution in [1.29, 1.82) is 0 Å². The summed E-state index contributed by atoms with van der Waals surface area (Å²) in [7, 11) is -3.92. The van der Waals surface area contributed by atoms with Gasteiger partial charge in [0.25, 0.3) is 0 Å². The van der Waals surface area contributed by atoms with Crippen molar-refractivity contribution in [2.45, 2.75) is 6.61 Å². The van der Waals surface area contributed by atoms with Crippen molar-refractivity contribution in [3.63, 3.8) is 0 Å². The second-order valence-corrected chi connectivity index (χ2v) is 4.21. The van der Waals surface area contributed by atoms with Gasteiger partial charge in [-0.1, -0.05) is 0 Å². The molecule has 0 aliphatic heterocycles. The minimum absolute atomic E-state index is 0.247. The smallest absolute Gasteiger partial charge is 0.250 e. The van der Waals surface area contributed by atoms with Crippen LogP contribution in [0, 0.1) is 0 Å². The van der Waals surface area contributed by atoms with E-state index in [2.05, 4.69) is 35.2 Å². The lowest BCUT2D eigenvalue weighted by Gasteiger charge is -1.98. The number of rotatable bonds is 3. The number of nitrogens with two attached hydrogens (primary N) is 1. The monoisotopic (exact) mass is 267 g/mol. The van der Waals surface area contributed by atoms with E-state index in [1.54, 1.807) is 0 Å². The third kappa shape index (κ3) is 4.27. The highest BCUT2D eigenvalue weighted by molar-refractivity contribution is 9.10. The molecule has 1 aromatic heterocycles. The molecule has 0 amide bonds. The maximum absolute atomic E-state index is 10.4. The van der Waals surface area contributed by atoms with Crippen LogP contribution in [0.5, 0.6) is 0 Å². The van der Waals surface area contributed by atoms with Gasteiger partial charge in [-0.15, -0.1) is 0 Å². The van der Waals surface area contributed by atoms with Gasteiger partial charge in [0.15, 0.2) is 5.82 Å². The summed E-state index contributed by atoms with van der Waals surface area (Å²) < 4.78 is 25.7. The van der Waals surface area contributed by atoms with Gasteiger partial charge in [-0.25, -0.2) is 15.1 Å². The number of halogens is 1. The highest BCUT2D eigenvalue weighted by Gasteiger charge is 2.04. The van der Waals surface area contributed by atoms with Gasteiger partial charge in [-0.3, -0.25) is 4.18 Å². The molecule has 0 radical (unpaired) electrons. The summed E-state index contributed by atoms with van der Waals surface area (Å²) in [6, 6.07) is 0. The van der Waals surface area contributed by atoms with E-state index in [9.17, 15) is 8.42 Å². The summed E-state index contributed by atoms with van der Waals surface area (Å²) >= 11 is 3.13. The molecule has 0 aromatic carbocycles. The predicted octanol–water partition coefficient (Wildman–Crippen LogP) is -0.0408. The summed E-state index contributed by atoms with van der Waals surface area (Å²) in [5.74, 6) is 0.247. The fourth-order valence-corrected chi connectivity index (χ4v) is 1.02. The maximum atomic E-state index is 10.4. The first-order valence-electron chi connectivity index (χ1n) is 3.11. The molecule has 0 saturated heterocycles. The van der Waals surface area contributed by atoms with Gasteiger partial charge in [-0.05, 0) is 15.9 Å². The molecular weight excluding hydrogens is 262 g/mol. The molecule has 1 aromatic rings. The summed E-state index contributed by atoms with van der Waals surface area (Å²) in [6.07, 6.45) is 2.96. The van der Waals surface area contributed by atoms with Crippen molar-refractivity contribution in [3.05, 3.63) is 22.7 Å². The van der Waals surface area contributed by atoms with Crippen molar-refractivity contribution in [3.8, 4) is 0 Å². The number of nitrogens with zero attached hydrogens (tertiary/aromatic N) is 2. The Bertz CT molecular complexity index is 377. The van der Waals surface area contributed by atoms with Crippen molar-refractivity contribution in [1.82, 2.24) is 9.97 Å². The Morgan fingerprint density at radius 1 is 1.46 bits per heavy atom. The minimum Gasteiger partial charge on any atom is -0.250 e. The van der Waals surface area contributed by atoms with Gasteiger partial charge < -0.3 is 0 Å².